The molecule has 0 aliphatic carbocycles. The molecule has 22 heavy (non-hydrogen) atoms. The SMILES string of the molecule is CC(C)(O)C#Cc1ccc(C(=O)N2CCC(C(N)=O)CC2)o1. The average Bonchev–Trinajstić information content (AvgIpc) is 2.92. The zero-order chi connectivity index (χ0) is 16.3. The summed E-state index contributed by atoms with van der Waals surface area (Å²) in [5.41, 5.74) is 4.16. The second-order valence-electron chi connectivity index (χ2n) is 5.94. The minimum atomic E-state index is -1.12. The third-order valence-electron chi connectivity index (χ3n) is 3.49. The number of carbonyl (C=O) groups excluding carboxylic acids is 2. The first-order chi connectivity index (χ1) is 10.3. The maximum Gasteiger partial charge on any atom is 0.289 e. The van der Waals surface area contributed by atoms with E-state index in [9.17, 15) is 14.7 Å². The van der Waals surface area contributed by atoms with Gasteiger partial charge in [-0.2, -0.15) is 0 Å². The van der Waals surface area contributed by atoms with Gasteiger partial charge in [0, 0.05) is 19.0 Å². The van der Waals surface area contributed by atoms with E-state index >= 15 is 0 Å². The molecule has 1 aromatic rings. The molecule has 0 unspecified atom stereocenters. The first-order valence-electron chi connectivity index (χ1n) is 7.20. The van der Waals surface area contributed by atoms with Gasteiger partial charge in [-0.25, -0.2) is 0 Å². The van der Waals surface area contributed by atoms with Crippen molar-refractivity contribution < 1.29 is 19.1 Å². The number of nitrogens with two attached hydrogens (primary N) is 1. The first-order valence-corrected chi connectivity index (χ1v) is 7.20. The van der Waals surface area contributed by atoms with Crippen molar-refractivity contribution in [2.24, 2.45) is 11.7 Å². The maximum absolute atomic E-state index is 12.3. The Morgan fingerprint density at radius 1 is 1.36 bits per heavy atom. The zero-order valence-corrected chi connectivity index (χ0v) is 12.8. The summed E-state index contributed by atoms with van der Waals surface area (Å²) in [5, 5.41) is 9.54. The van der Waals surface area contributed by atoms with Crippen molar-refractivity contribution >= 4 is 11.8 Å². The van der Waals surface area contributed by atoms with Crippen molar-refractivity contribution in [1.82, 2.24) is 4.90 Å². The van der Waals surface area contributed by atoms with Crippen molar-refractivity contribution in [3.63, 3.8) is 0 Å². The van der Waals surface area contributed by atoms with Gasteiger partial charge in [-0.1, -0.05) is 5.92 Å². The molecule has 3 N–H and O–H groups in total. The molecule has 0 aromatic carbocycles. The van der Waals surface area contributed by atoms with Crippen LogP contribution in [-0.4, -0.2) is 40.5 Å². The largest absolute Gasteiger partial charge is 0.443 e. The lowest BCUT2D eigenvalue weighted by Gasteiger charge is -2.29. The highest BCUT2D eigenvalue weighted by Crippen LogP contribution is 2.19. The fourth-order valence-corrected chi connectivity index (χ4v) is 2.26. The molecule has 2 heterocycles. The van der Waals surface area contributed by atoms with Gasteiger partial charge in [0.2, 0.25) is 5.91 Å². The molecule has 1 aliphatic heterocycles. The second kappa shape index (κ2) is 6.24. The summed E-state index contributed by atoms with van der Waals surface area (Å²) >= 11 is 0. The van der Waals surface area contributed by atoms with Crippen LogP contribution in [0.25, 0.3) is 0 Å². The highest BCUT2D eigenvalue weighted by Gasteiger charge is 2.27. The summed E-state index contributed by atoms with van der Waals surface area (Å²) in [5.74, 6) is 5.15. The van der Waals surface area contributed by atoms with Gasteiger partial charge < -0.3 is 20.2 Å². The number of furan rings is 1. The number of likely N-dealkylation sites (tertiary alicyclic amines) is 1. The average molecular weight is 304 g/mol. The molecular weight excluding hydrogens is 284 g/mol. The van der Waals surface area contributed by atoms with Crippen molar-refractivity contribution in [3.8, 4) is 11.8 Å². The molecule has 0 spiro atoms. The number of carbonyl (C=O) groups is 2. The normalized spacial score (nSPS) is 16.0. The lowest BCUT2D eigenvalue weighted by molar-refractivity contribution is -0.123. The Bertz CT molecular complexity index is 623. The van der Waals surface area contributed by atoms with Gasteiger partial charge >= 0.3 is 0 Å². The fourth-order valence-electron chi connectivity index (χ4n) is 2.26. The molecule has 2 rings (SSSR count). The van der Waals surface area contributed by atoms with E-state index in [2.05, 4.69) is 11.8 Å². The quantitative estimate of drug-likeness (QED) is 0.788. The van der Waals surface area contributed by atoms with Gasteiger partial charge in [-0.05, 0) is 44.7 Å². The third-order valence-corrected chi connectivity index (χ3v) is 3.49. The molecule has 2 amide bonds. The topological polar surface area (TPSA) is 96.8 Å². The summed E-state index contributed by atoms with van der Waals surface area (Å²) in [6.07, 6.45) is 1.15. The van der Waals surface area contributed by atoms with Gasteiger partial charge in [-0.3, -0.25) is 9.59 Å². The van der Waals surface area contributed by atoms with Crippen LogP contribution in [0, 0.1) is 17.8 Å². The van der Waals surface area contributed by atoms with E-state index in [4.69, 9.17) is 10.2 Å². The summed E-state index contributed by atoms with van der Waals surface area (Å²) < 4.78 is 5.40. The highest BCUT2D eigenvalue weighted by atomic mass is 16.4. The number of piperidine rings is 1. The number of aliphatic hydroxyl groups is 1. The minimum Gasteiger partial charge on any atom is -0.443 e. The maximum atomic E-state index is 12.3. The molecule has 1 fully saturated rings. The van der Waals surface area contributed by atoms with Crippen LogP contribution in [0.3, 0.4) is 0 Å². The monoisotopic (exact) mass is 304 g/mol. The standard InChI is InChI=1S/C16H20N2O4/c1-16(2,21)8-5-12-3-4-13(22-12)15(20)18-9-6-11(7-10-18)14(17)19/h3-4,11,21H,6-7,9-10H2,1-2H3,(H2,17,19). The summed E-state index contributed by atoms with van der Waals surface area (Å²) in [7, 11) is 0. The summed E-state index contributed by atoms with van der Waals surface area (Å²) in [6, 6.07) is 3.17. The van der Waals surface area contributed by atoms with E-state index in [1.807, 2.05) is 0 Å². The Balaban J connectivity index is 2.01. The molecule has 6 nitrogen and oxygen atoms in total. The number of amides is 2. The smallest absolute Gasteiger partial charge is 0.289 e. The second-order valence-corrected chi connectivity index (χ2v) is 5.94. The van der Waals surface area contributed by atoms with Crippen LogP contribution >= 0.6 is 0 Å². The number of hydrogen-bond donors (Lipinski definition) is 2. The molecule has 0 bridgehead atoms. The molecule has 0 saturated carbocycles. The van der Waals surface area contributed by atoms with E-state index in [-0.39, 0.29) is 23.5 Å². The Hall–Kier alpha value is -2.26. The van der Waals surface area contributed by atoms with E-state index in [0.717, 1.165) is 0 Å². The summed E-state index contributed by atoms with van der Waals surface area (Å²) in [6.45, 7) is 4.10. The number of rotatable bonds is 2. The first kappa shape index (κ1) is 16.1. The Morgan fingerprint density at radius 2 is 2.00 bits per heavy atom. The predicted molar refractivity (Wildman–Crippen MR) is 79.7 cm³/mol. The molecule has 1 aromatic heterocycles. The van der Waals surface area contributed by atoms with E-state index < -0.39 is 5.60 Å². The number of primary amides is 1. The molecule has 118 valence electrons. The van der Waals surface area contributed by atoms with Crippen molar-refractivity contribution in [2.45, 2.75) is 32.3 Å². The summed E-state index contributed by atoms with van der Waals surface area (Å²) in [4.78, 5) is 25.1. The lowest BCUT2D eigenvalue weighted by atomic mass is 9.96. The lowest BCUT2D eigenvalue weighted by Crippen LogP contribution is -2.41. The van der Waals surface area contributed by atoms with Crippen LogP contribution in [0.15, 0.2) is 16.5 Å². The zero-order valence-electron chi connectivity index (χ0n) is 12.8. The van der Waals surface area contributed by atoms with E-state index in [0.29, 0.717) is 31.7 Å². The molecule has 0 atom stereocenters. The molecular formula is C16H20N2O4. The van der Waals surface area contributed by atoms with Crippen LogP contribution in [0.4, 0.5) is 0 Å². The van der Waals surface area contributed by atoms with Crippen molar-refractivity contribution in [1.29, 1.82) is 0 Å². The highest BCUT2D eigenvalue weighted by molar-refractivity contribution is 5.91. The van der Waals surface area contributed by atoms with E-state index in [1.54, 1.807) is 30.9 Å². The van der Waals surface area contributed by atoms with Crippen LogP contribution in [0.1, 0.15) is 43.0 Å². The van der Waals surface area contributed by atoms with Crippen LogP contribution in [-0.2, 0) is 4.79 Å². The van der Waals surface area contributed by atoms with E-state index in [1.165, 1.54) is 0 Å². The van der Waals surface area contributed by atoms with Gasteiger partial charge in [0.25, 0.3) is 5.91 Å². The van der Waals surface area contributed by atoms with Crippen molar-refractivity contribution in [3.05, 3.63) is 23.7 Å². The molecule has 1 aliphatic rings. The van der Waals surface area contributed by atoms with Crippen molar-refractivity contribution in [2.75, 3.05) is 13.1 Å². The predicted octanol–water partition coefficient (Wildman–Crippen LogP) is 0.740. The Kier molecular flexibility index (Phi) is 4.57. The Morgan fingerprint density at radius 3 is 2.55 bits per heavy atom. The molecule has 0 radical (unpaired) electrons. The number of nitrogens with zero attached hydrogens (tertiary/aromatic N) is 1. The van der Waals surface area contributed by atoms with Crippen LogP contribution in [0.5, 0.6) is 0 Å². The minimum absolute atomic E-state index is 0.158. The van der Waals surface area contributed by atoms with Gasteiger partial charge in [0.1, 0.15) is 5.60 Å². The van der Waals surface area contributed by atoms with Gasteiger partial charge in [-0.15, -0.1) is 0 Å². The van der Waals surface area contributed by atoms with Gasteiger partial charge in [0.05, 0.1) is 0 Å². The number of hydrogen-bond acceptors (Lipinski definition) is 4. The Labute approximate surface area is 129 Å². The third kappa shape index (κ3) is 4.12. The van der Waals surface area contributed by atoms with Crippen LogP contribution in [0.2, 0.25) is 0 Å². The van der Waals surface area contributed by atoms with Crippen LogP contribution < -0.4 is 5.73 Å². The molecule has 6 heteroatoms. The van der Waals surface area contributed by atoms with Gasteiger partial charge in [0.15, 0.2) is 11.5 Å². The molecule has 1 saturated heterocycles. The fraction of sp³-hybridized carbons (Fsp3) is 0.500.